The Balaban J connectivity index is 1.67. The van der Waals surface area contributed by atoms with Gasteiger partial charge in [-0.15, -0.1) is 0 Å². The molecule has 0 aliphatic rings. The molecule has 25 heavy (non-hydrogen) atoms. The van der Waals surface area contributed by atoms with Crippen LogP contribution in [0.1, 0.15) is 35.0 Å². The van der Waals surface area contributed by atoms with Crippen LogP contribution in [0.3, 0.4) is 0 Å². The summed E-state index contributed by atoms with van der Waals surface area (Å²) in [6.45, 7) is 2.57. The number of halogens is 1. The lowest BCUT2D eigenvalue weighted by Crippen LogP contribution is -2.04. The van der Waals surface area contributed by atoms with Gasteiger partial charge in [0.1, 0.15) is 11.4 Å². The van der Waals surface area contributed by atoms with Gasteiger partial charge < -0.3 is 14.8 Å². The lowest BCUT2D eigenvalue weighted by atomic mass is 10.1. The number of fused-ring (bicyclic) bond motifs is 1. The van der Waals surface area contributed by atoms with Crippen molar-refractivity contribution in [1.29, 1.82) is 0 Å². The first-order valence-corrected chi connectivity index (χ1v) is 8.72. The molecule has 1 heterocycles. The molecule has 0 fully saturated rings. The van der Waals surface area contributed by atoms with E-state index in [1.165, 1.54) is 0 Å². The van der Waals surface area contributed by atoms with Crippen molar-refractivity contribution in [2.24, 2.45) is 0 Å². The quantitative estimate of drug-likeness (QED) is 0.579. The van der Waals surface area contributed by atoms with Crippen LogP contribution < -0.4 is 4.74 Å². The second-order valence-corrected chi connectivity index (χ2v) is 6.30. The van der Waals surface area contributed by atoms with Crippen molar-refractivity contribution in [3.05, 3.63) is 64.3 Å². The zero-order valence-corrected chi connectivity index (χ0v) is 14.8. The molecule has 2 N–H and O–H groups in total. The highest BCUT2D eigenvalue weighted by molar-refractivity contribution is 6.31. The summed E-state index contributed by atoms with van der Waals surface area (Å²) in [5.41, 5.74) is 3.00. The number of carboxylic acid groups (broad SMARTS) is 1. The number of aromatic nitrogens is 1. The predicted molar refractivity (Wildman–Crippen MR) is 99.9 cm³/mol. The Labute approximate surface area is 151 Å². The number of nitrogens with one attached hydrogen (secondary N) is 1. The van der Waals surface area contributed by atoms with Crippen molar-refractivity contribution in [2.45, 2.75) is 26.2 Å². The molecule has 0 bridgehead atoms. The highest BCUT2D eigenvalue weighted by Crippen LogP contribution is 2.25. The van der Waals surface area contributed by atoms with Crippen LogP contribution in [0.15, 0.2) is 42.5 Å². The molecule has 4 nitrogen and oxygen atoms in total. The normalized spacial score (nSPS) is 11.0. The Morgan fingerprint density at radius 3 is 2.80 bits per heavy atom. The van der Waals surface area contributed by atoms with Crippen LogP contribution >= 0.6 is 11.6 Å². The summed E-state index contributed by atoms with van der Waals surface area (Å²) in [5, 5.41) is 11.1. The first-order chi connectivity index (χ1) is 12.1. The zero-order chi connectivity index (χ0) is 17.8. The Kier molecular flexibility index (Phi) is 5.29. The molecule has 3 rings (SSSR count). The number of carbonyl (C=O) groups is 1. The molecule has 0 atom stereocenters. The third-order valence-corrected chi connectivity index (χ3v) is 4.63. The summed E-state index contributed by atoms with van der Waals surface area (Å²) in [6, 6.07) is 13.3. The Hall–Kier alpha value is -2.46. The molecule has 2 aromatic carbocycles. The maximum absolute atomic E-state index is 11.5. The van der Waals surface area contributed by atoms with E-state index >= 15 is 0 Å². The van der Waals surface area contributed by atoms with Gasteiger partial charge in [-0.05, 0) is 54.7 Å². The SMILES string of the molecule is CCc1cc(OCCCc2c(C(=O)O)[nH]c3ccccc23)ccc1Cl. The van der Waals surface area contributed by atoms with Gasteiger partial charge in [0.25, 0.3) is 0 Å². The highest BCUT2D eigenvalue weighted by atomic mass is 35.5. The standard InChI is InChI=1S/C20H20ClNO3/c1-2-13-12-14(9-10-17(13)21)25-11-5-7-16-15-6-3-4-8-18(15)22-19(16)20(23)24/h3-4,6,8-10,12,22H,2,5,7,11H2,1H3,(H,23,24). The minimum Gasteiger partial charge on any atom is -0.494 e. The fourth-order valence-corrected chi connectivity index (χ4v) is 3.24. The van der Waals surface area contributed by atoms with E-state index in [1.54, 1.807) is 0 Å². The first kappa shape index (κ1) is 17.4. The van der Waals surface area contributed by atoms with Gasteiger partial charge in [0.05, 0.1) is 6.61 Å². The van der Waals surface area contributed by atoms with E-state index in [4.69, 9.17) is 16.3 Å². The minimum absolute atomic E-state index is 0.265. The van der Waals surface area contributed by atoms with Crippen LogP contribution in [0, 0.1) is 0 Å². The number of para-hydroxylation sites is 1. The highest BCUT2D eigenvalue weighted by Gasteiger charge is 2.16. The molecule has 0 spiro atoms. The van der Waals surface area contributed by atoms with E-state index in [-0.39, 0.29) is 5.69 Å². The molecule has 0 unspecified atom stereocenters. The molecular formula is C20H20ClNO3. The molecule has 3 aromatic rings. The fraction of sp³-hybridized carbons (Fsp3) is 0.250. The van der Waals surface area contributed by atoms with Crippen molar-refractivity contribution in [3.63, 3.8) is 0 Å². The topological polar surface area (TPSA) is 62.3 Å². The summed E-state index contributed by atoms with van der Waals surface area (Å²) < 4.78 is 5.80. The van der Waals surface area contributed by atoms with Gasteiger partial charge in [-0.25, -0.2) is 4.79 Å². The average molecular weight is 358 g/mol. The Morgan fingerprint density at radius 1 is 1.24 bits per heavy atom. The van der Waals surface area contributed by atoms with E-state index in [2.05, 4.69) is 11.9 Å². The van der Waals surface area contributed by atoms with E-state index < -0.39 is 5.97 Å². The number of carboxylic acids is 1. The molecule has 130 valence electrons. The number of rotatable bonds is 7. The van der Waals surface area contributed by atoms with E-state index in [0.717, 1.165) is 45.6 Å². The van der Waals surface area contributed by atoms with Crippen LogP contribution in [-0.2, 0) is 12.8 Å². The number of benzene rings is 2. The second kappa shape index (κ2) is 7.62. The monoisotopic (exact) mass is 357 g/mol. The van der Waals surface area contributed by atoms with E-state index in [9.17, 15) is 9.90 Å². The maximum atomic E-state index is 11.5. The Bertz CT molecular complexity index is 901. The van der Waals surface area contributed by atoms with Gasteiger partial charge in [0, 0.05) is 15.9 Å². The van der Waals surface area contributed by atoms with Crippen LogP contribution in [0.2, 0.25) is 5.02 Å². The van der Waals surface area contributed by atoms with Gasteiger partial charge in [-0.2, -0.15) is 0 Å². The number of hydrogen-bond donors (Lipinski definition) is 2. The largest absolute Gasteiger partial charge is 0.494 e. The number of hydrogen-bond acceptors (Lipinski definition) is 2. The second-order valence-electron chi connectivity index (χ2n) is 5.89. The lowest BCUT2D eigenvalue weighted by molar-refractivity contribution is 0.0690. The number of aryl methyl sites for hydroxylation is 2. The van der Waals surface area contributed by atoms with Gasteiger partial charge in [-0.1, -0.05) is 36.7 Å². The smallest absolute Gasteiger partial charge is 0.352 e. The van der Waals surface area contributed by atoms with E-state index in [1.807, 2.05) is 42.5 Å². The molecule has 1 aromatic heterocycles. The predicted octanol–water partition coefficient (Wildman–Crippen LogP) is 5.09. The third-order valence-electron chi connectivity index (χ3n) is 4.27. The molecule has 0 aliphatic heterocycles. The van der Waals surface area contributed by atoms with Crippen molar-refractivity contribution < 1.29 is 14.6 Å². The van der Waals surface area contributed by atoms with Crippen LogP contribution in [0.25, 0.3) is 10.9 Å². The molecule has 0 saturated carbocycles. The van der Waals surface area contributed by atoms with Gasteiger partial charge in [0.2, 0.25) is 0 Å². The molecule has 5 heteroatoms. The molecular weight excluding hydrogens is 338 g/mol. The number of H-pyrrole nitrogens is 1. The summed E-state index contributed by atoms with van der Waals surface area (Å²) in [7, 11) is 0. The molecule has 0 aliphatic carbocycles. The van der Waals surface area contributed by atoms with Gasteiger partial charge >= 0.3 is 5.97 Å². The average Bonchev–Trinajstić information content (AvgIpc) is 2.99. The molecule has 0 radical (unpaired) electrons. The first-order valence-electron chi connectivity index (χ1n) is 8.34. The zero-order valence-electron chi connectivity index (χ0n) is 14.0. The maximum Gasteiger partial charge on any atom is 0.352 e. The van der Waals surface area contributed by atoms with Gasteiger partial charge in [0.15, 0.2) is 0 Å². The number of aromatic carboxylic acids is 1. The lowest BCUT2D eigenvalue weighted by Gasteiger charge is -2.09. The van der Waals surface area contributed by atoms with Crippen LogP contribution in [-0.4, -0.2) is 22.7 Å². The summed E-state index contributed by atoms with van der Waals surface area (Å²) in [4.78, 5) is 14.5. The minimum atomic E-state index is -0.933. The molecule has 0 amide bonds. The van der Waals surface area contributed by atoms with Crippen molar-refractivity contribution >= 4 is 28.5 Å². The summed E-state index contributed by atoms with van der Waals surface area (Å²) >= 11 is 6.11. The van der Waals surface area contributed by atoms with Crippen molar-refractivity contribution in [1.82, 2.24) is 4.98 Å². The molecule has 0 saturated heterocycles. The number of aromatic amines is 1. The summed E-state index contributed by atoms with van der Waals surface area (Å²) in [6.07, 6.45) is 2.22. The van der Waals surface area contributed by atoms with Gasteiger partial charge in [-0.3, -0.25) is 0 Å². The summed E-state index contributed by atoms with van der Waals surface area (Å²) in [5.74, 6) is -0.143. The van der Waals surface area contributed by atoms with Crippen LogP contribution in [0.4, 0.5) is 0 Å². The van der Waals surface area contributed by atoms with Crippen molar-refractivity contribution in [2.75, 3.05) is 6.61 Å². The third kappa shape index (κ3) is 3.80. The van der Waals surface area contributed by atoms with Crippen molar-refractivity contribution in [3.8, 4) is 5.75 Å². The Morgan fingerprint density at radius 2 is 2.04 bits per heavy atom. The fourth-order valence-electron chi connectivity index (χ4n) is 2.99. The van der Waals surface area contributed by atoms with Crippen LogP contribution in [0.5, 0.6) is 5.75 Å². The van der Waals surface area contributed by atoms with E-state index in [0.29, 0.717) is 13.0 Å². The number of ether oxygens (including phenoxy) is 1.